The summed E-state index contributed by atoms with van der Waals surface area (Å²) in [4.78, 5) is 24.8. The number of carbonyl (C=O) groups is 2. The zero-order valence-corrected chi connectivity index (χ0v) is 18.3. The quantitative estimate of drug-likeness (QED) is 0.496. The largest absolute Gasteiger partial charge is 0.497 e. The van der Waals surface area contributed by atoms with E-state index in [-0.39, 0.29) is 11.8 Å². The Morgan fingerprint density at radius 3 is 2.25 bits per heavy atom. The summed E-state index contributed by atoms with van der Waals surface area (Å²) in [6.07, 6.45) is 3.06. The number of rotatable bonds is 8. The highest BCUT2D eigenvalue weighted by atomic mass is 16.5. The number of nitrogens with one attached hydrogen (secondary N) is 2. The van der Waals surface area contributed by atoms with E-state index in [4.69, 9.17) is 9.47 Å². The van der Waals surface area contributed by atoms with Crippen LogP contribution in [-0.4, -0.2) is 25.0 Å². The van der Waals surface area contributed by atoms with Crippen LogP contribution in [0.25, 0.3) is 6.08 Å². The maximum Gasteiger partial charge on any atom is 0.246 e. The van der Waals surface area contributed by atoms with Gasteiger partial charge in [-0.25, -0.2) is 0 Å². The maximum absolute atomic E-state index is 12.6. The number of aryl methyl sites for hydroxylation is 1. The Morgan fingerprint density at radius 1 is 0.906 bits per heavy atom. The second-order valence-electron chi connectivity index (χ2n) is 7.24. The van der Waals surface area contributed by atoms with Crippen LogP contribution >= 0.6 is 0 Å². The maximum atomic E-state index is 12.6. The molecule has 32 heavy (non-hydrogen) atoms. The number of ether oxygens (including phenoxy) is 2. The Labute approximate surface area is 187 Å². The van der Waals surface area contributed by atoms with Gasteiger partial charge < -0.3 is 20.1 Å². The minimum Gasteiger partial charge on any atom is -0.497 e. The first kappa shape index (κ1) is 22.6. The Hall–Kier alpha value is -4.06. The van der Waals surface area contributed by atoms with Gasteiger partial charge in [-0.1, -0.05) is 42.0 Å². The van der Waals surface area contributed by atoms with E-state index in [2.05, 4.69) is 10.6 Å². The van der Waals surface area contributed by atoms with Crippen LogP contribution < -0.4 is 20.1 Å². The molecule has 3 rings (SSSR count). The Bertz CT molecular complexity index is 1090. The summed E-state index contributed by atoms with van der Waals surface area (Å²) >= 11 is 0. The van der Waals surface area contributed by atoms with E-state index in [9.17, 15) is 9.59 Å². The number of para-hydroxylation sites is 2. The number of amides is 2. The molecular weight excluding hydrogens is 404 g/mol. The number of hydrogen-bond donors (Lipinski definition) is 2. The lowest BCUT2D eigenvalue weighted by molar-refractivity contribution is -0.123. The van der Waals surface area contributed by atoms with Crippen molar-refractivity contribution >= 4 is 23.6 Å². The van der Waals surface area contributed by atoms with E-state index in [1.165, 1.54) is 6.08 Å². The van der Waals surface area contributed by atoms with Gasteiger partial charge in [0.25, 0.3) is 0 Å². The highest BCUT2D eigenvalue weighted by molar-refractivity contribution is 6.00. The topological polar surface area (TPSA) is 76.7 Å². The molecule has 0 radical (unpaired) electrons. The van der Waals surface area contributed by atoms with E-state index < -0.39 is 6.04 Å². The molecule has 0 saturated heterocycles. The predicted molar refractivity (Wildman–Crippen MR) is 126 cm³/mol. The highest BCUT2D eigenvalue weighted by Crippen LogP contribution is 2.29. The average molecular weight is 431 g/mol. The first-order valence-corrected chi connectivity index (χ1v) is 10.2. The molecule has 3 aromatic carbocycles. The Morgan fingerprint density at radius 2 is 1.56 bits per heavy atom. The van der Waals surface area contributed by atoms with Gasteiger partial charge in [0.05, 0.1) is 12.8 Å². The normalized spacial score (nSPS) is 11.6. The number of carbonyl (C=O) groups excluding carboxylic acids is 2. The van der Waals surface area contributed by atoms with Gasteiger partial charge in [0, 0.05) is 6.08 Å². The fourth-order valence-electron chi connectivity index (χ4n) is 2.85. The van der Waals surface area contributed by atoms with Crippen LogP contribution in [0.15, 0.2) is 78.9 Å². The standard InChI is InChI=1S/C26H26N2O4/c1-18-8-13-22(14-9-18)32-24-7-5-4-6-23(24)28-26(30)19(2)27-25(29)17-12-20-10-15-21(31-3)16-11-20/h4-17,19H,1-3H3,(H,27,29)(H,28,30)/b17-12+. The Balaban J connectivity index is 1.58. The number of methoxy groups -OCH3 is 1. The fraction of sp³-hybridized carbons (Fsp3) is 0.154. The molecule has 1 unspecified atom stereocenters. The number of anilines is 1. The van der Waals surface area contributed by atoms with Crippen molar-refractivity contribution in [2.24, 2.45) is 0 Å². The van der Waals surface area contributed by atoms with Crippen molar-refractivity contribution in [3.05, 3.63) is 90.0 Å². The second kappa shape index (κ2) is 10.8. The van der Waals surface area contributed by atoms with E-state index in [0.29, 0.717) is 17.2 Å². The van der Waals surface area contributed by atoms with E-state index in [0.717, 1.165) is 16.9 Å². The molecule has 0 heterocycles. The molecule has 2 amide bonds. The highest BCUT2D eigenvalue weighted by Gasteiger charge is 2.16. The first-order chi connectivity index (χ1) is 15.4. The summed E-state index contributed by atoms with van der Waals surface area (Å²) in [5.74, 6) is 1.21. The molecule has 0 aliphatic carbocycles. The first-order valence-electron chi connectivity index (χ1n) is 10.2. The van der Waals surface area contributed by atoms with Crippen LogP contribution in [0.2, 0.25) is 0 Å². The molecule has 0 aliphatic rings. The average Bonchev–Trinajstić information content (AvgIpc) is 2.80. The van der Waals surface area contributed by atoms with Crippen molar-refractivity contribution in [1.29, 1.82) is 0 Å². The van der Waals surface area contributed by atoms with Crippen molar-refractivity contribution in [1.82, 2.24) is 5.32 Å². The molecule has 6 heteroatoms. The van der Waals surface area contributed by atoms with Crippen molar-refractivity contribution < 1.29 is 19.1 Å². The fourth-order valence-corrected chi connectivity index (χ4v) is 2.85. The molecule has 164 valence electrons. The predicted octanol–water partition coefficient (Wildman–Crippen LogP) is 4.95. The minimum atomic E-state index is -0.740. The summed E-state index contributed by atoms with van der Waals surface area (Å²) in [5, 5.41) is 5.48. The van der Waals surface area contributed by atoms with Gasteiger partial charge >= 0.3 is 0 Å². The summed E-state index contributed by atoms with van der Waals surface area (Å²) < 4.78 is 11.0. The van der Waals surface area contributed by atoms with Crippen molar-refractivity contribution in [3.63, 3.8) is 0 Å². The van der Waals surface area contributed by atoms with Gasteiger partial charge in [0.2, 0.25) is 11.8 Å². The molecule has 0 aromatic heterocycles. The second-order valence-corrected chi connectivity index (χ2v) is 7.24. The van der Waals surface area contributed by atoms with Crippen LogP contribution in [0.3, 0.4) is 0 Å². The third kappa shape index (κ3) is 6.47. The molecule has 1 atom stereocenters. The molecule has 0 fully saturated rings. The van der Waals surface area contributed by atoms with E-state index in [1.807, 2.05) is 61.5 Å². The van der Waals surface area contributed by atoms with Crippen LogP contribution in [-0.2, 0) is 9.59 Å². The number of hydrogen-bond acceptors (Lipinski definition) is 4. The van der Waals surface area contributed by atoms with Crippen LogP contribution in [0.5, 0.6) is 17.2 Å². The monoisotopic (exact) mass is 430 g/mol. The molecule has 2 N–H and O–H groups in total. The molecule has 0 spiro atoms. The summed E-state index contributed by atoms with van der Waals surface area (Å²) in [6, 6.07) is 21.3. The van der Waals surface area contributed by atoms with Gasteiger partial charge in [-0.2, -0.15) is 0 Å². The van der Waals surface area contributed by atoms with Crippen molar-refractivity contribution in [2.45, 2.75) is 19.9 Å². The third-order valence-electron chi connectivity index (χ3n) is 4.69. The van der Waals surface area contributed by atoms with Gasteiger partial charge in [0.1, 0.15) is 17.5 Å². The van der Waals surface area contributed by atoms with Crippen LogP contribution in [0, 0.1) is 6.92 Å². The molecular formula is C26H26N2O4. The van der Waals surface area contributed by atoms with Crippen LogP contribution in [0.1, 0.15) is 18.1 Å². The van der Waals surface area contributed by atoms with Gasteiger partial charge in [-0.15, -0.1) is 0 Å². The SMILES string of the molecule is COc1ccc(/C=C/C(=O)NC(C)C(=O)Nc2ccccc2Oc2ccc(C)cc2)cc1. The molecule has 0 aliphatic heterocycles. The van der Waals surface area contributed by atoms with Crippen molar-refractivity contribution in [2.75, 3.05) is 12.4 Å². The zero-order valence-electron chi connectivity index (χ0n) is 18.3. The lowest BCUT2D eigenvalue weighted by Gasteiger charge is -2.16. The third-order valence-corrected chi connectivity index (χ3v) is 4.69. The summed E-state index contributed by atoms with van der Waals surface area (Å²) in [5.41, 5.74) is 2.50. The lowest BCUT2D eigenvalue weighted by atomic mass is 10.2. The van der Waals surface area contributed by atoms with Gasteiger partial charge in [-0.05, 0) is 61.9 Å². The van der Waals surface area contributed by atoms with Crippen LogP contribution in [0.4, 0.5) is 5.69 Å². The summed E-state index contributed by atoms with van der Waals surface area (Å²) in [7, 11) is 1.60. The minimum absolute atomic E-state index is 0.351. The van der Waals surface area contributed by atoms with Gasteiger partial charge in [0.15, 0.2) is 5.75 Å². The summed E-state index contributed by atoms with van der Waals surface area (Å²) in [6.45, 7) is 3.62. The van der Waals surface area contributed by atoms with E-state index in [1.54, 1.807) is 38.3 Å². The van der Waals surface area contributed by atoms with E-state index >= 15 is 0 Å². The molecule has 0 bridgehead atoms. The Kier molecular flexibility index (Phi) is 7.65. The molecule has 0 saturated carbocycles. The zero-order chi connectivity index (χ0) is 22.9. The molecule has 3 aromatic rings. The lowest BCUT2D eigenvalue weighted by Crippen LogP contribution is -2.40. The van der Waals surface area contributed by atoms with Gasteiger partial charge in [-0.3, -0.25) is 9.59 Å². The number of benzene rings is 3. The van der Waals surface area contributed by atoms with Crippen molar-refractivity contribution in [3.8, 4) is 17.2 Å². The molecule has 6 nitrogen and oxygen atoms in total. The smallest absolute Gasteiger partial charge is 0.246 e.